The number of likely N-dealkylation sites (tertiary alicyclic amines) is 1. The fourth-order valence-electron chi connectivity index (χ4n) is 3.58. The average molecular weight is 346 g/mol. The number of aryl methyl sites for hydroxylation is 2. The van der Waals surface area contributed by atoms with Gasteiger partial charge in [-0.25, -0.2) is 4.79 Å². The first-order valence-electron chi connectivity index (χ1n) is 8.85. The molecule has 0 spiro atoms. The van der Waals surface area contributed by atoms with Crippen molar-refractivity contribution in [1.29, 1.82) is 0 Å². The normalized spacial score (nSPS) is 19.8. The van der Waals surface area contributed by atoms with E-state index < -0.39 is 5.97 Å². The highest BCUT2D eigenvalue weighted by atomic mass is 16.5. The molecule has 0 unspecified atom stereocenters. The Morgan fingerprint density at radius 3 is 3.04 bits per heavy atom. The van der Waals surface area contributed by atoms with Crippen LogP contribution >= 0.6 is 0 Å². The second-order valence-corrected chi connectivity index (χ2v) is 6.64. The maximum atomic E-state index is 11.8. The van der Waals surface area contributed by atoms with Crippen LogP contribution in [0.5, 0.6) is 0 Å². The molecular formula is C18H26N4O3. The van der Waals surface area contributed by atoms with Crippen LogP contribution < -0.4 is 0 Å². The number of nitrogens with zero attached hydrogens (tertiary/aromatic N) is 4. The molecule has 0 amide bonds. The molecule has 2 atom stereocenters. The van der Waals surface area contributed by atoms with Crippen LogP contribution in [0.25, 0.3) is 0 Å². The standard InChI is InChI=1S/C18H26N4O3/c1-5-21-11-19-20-17(21)14-7-6-8-22(10-14)13(3)15-9-12(2)16(25-15)18(23)24-4/h9,11,13-14H,5-8,10H2,1-4H3/t13-,14-/m1/s1. The quantitative estimate of drug-likeness (QED) is 0.775. The summed E-state index contributed by atoms with van der Waals surface area (Å²) < 4.78 is 12.7. The van der Waals surface area contributed by atoms with Crippen molar-refractivity contribution < 1.29 is 13.9 Å². The molecule has 2 aromatic heterocycles. The lowest BCUT2D eigenvalue weighted by atomic mass is 9.95. The Balaban J connectivity index is 1.76. The van der Waals surface area contributed by atoms with E-state index in [1.54, 1.807) is 6.33 Å². The second kappa shape index (κ2) is 7.39. The molecule has 0 N–H and O–H groups in total. The van der Waals surface area contributed by atoms with Gasteiger partial charge in [0.1, 0.15) is 17.9 Å². The molecular weight excluding hydrogens is 320 g/mol. The van der Waals surface area contributed by atoms with E-state index in [0.717, 1.165) is 49.6 Å². The van der Waals surface area contributed by atoms with Crippen molar-refractivity contribution >= 4 is 5.97 Å². The molecule has 7 heteroatoms. The number of methoxy groups -OCH3 is 1. The Morgan fingerprint density at radius 1 is 1.52 bits per heavy atom. The van der Waals surface area contributed by atoms with Crippen molar-refractivity contribution in [3.8, 4) is 0 Å². The van der Waals surface area contributed by atoms with Crippen LogP contribution in [0, 0.1) is 6.92 Å². The predicted molar refractivity (Wildman–Crippen MR) is 92.4 cm³/mol. The summed E-state index contributed by atoms with van der Waals surface area (Å²) in [4.78, 5) is 14.2. The van der Waals surface area contributed by atoms with E-state index in [1.807, 2.05) is 13.0 Å². The van der Waals surface area contributed by atoms with E-state index in [1.165, 1.54) is 7.11 Å². The summed E-state index contributed by atoms with van der Waals surface area (Å²) in [6, 6.07) is 2.03. The minimum atomic E-state index is -0.427. The summed E-state index contributed by atoms with van der Waals surface area (Å²) >= 11 is 0. The van der Waals surface area contributed by atoms with Crippen LogP contribution in [-0.4, -0.2) is 45.8 Å². The van der Waals surface area contributed by atoms with Crippen LogP contribution in [0.1, 0.15) is 66.4 Å². The van der Waals surface area contributed by atoms with Crippen molar-refractivity contribution in [1.82, 2.24) is 19.7 Å². The molecule has 1 saturated heterocycles. The zero-order chi connectivity index (χ0) is 18.0. The number of hydrogen-bond donors (Lipinski definition) is 0. The van der Waals surface area contributed by atoms with Crippen LogP contribution in [0.15, 0.2) is 16.8 Å². The third-order valence-corrected chi connectivity index (χ3v) is 5.07. The third kappa shape index (κ3) is 3.46. The van der Waals surface area contributed by atoms with Crippen LogP contribution in [0.2, 0.25) is 0 Å². The Morgan fingerprint density at radius 2 is 2.32 bits per heavy atom. The van der Waals surface area contributed by atoms with Gasteiger partial charge in [-0.2, -0.15) is 0 Å². The molecule has 136 valence electrons. The molecule has 0 bridgehead atoms. The van der Waals surface area contributed by atoms with Gasteiger partial charge in [-0.1, -0.05) is 0 Å². The molecule has 0 aliphatic carbocycles. The van der Waals surface area contributed by atoms with E-state index in [0.29, 0.717) is 11.7 Å². The largest absolute Gasteiger partial charge is 0.463 e. The first kappa shape index (κ1) is 17.7. The molecule has 0 aromatic carbocycles. The van der Waals surface area contributed by atoms with Gasteiger partial charge in [-0.15, -0.1) is 10.2 Å². The molecule has 0 saturated carbocycles. The highest BCUT2D eigenvalue weighted by molar-refractivity contribution is 5.87. The van der Waals surface area contributed by atoms with Gasteiger partial charge >= 0.3 is 5.97 Å². The van der Waals surface area contributed by atoms with Gasteiger partial charge in [0.05, 0.1) is 13.2 Å². The third-order valence-electron chi connectivity index (χ3n) is 5.07. The number of rotatable bonds is 5. The van der Waals surface area contributed by atoms with E-state index in [9.17, 15) is 4.79 Å². The lowest BCUT2D eigenvalue weighted by Gasteiger charge is -2.35. The van der Waals surface area contributed by atoms with Gasteiger partial charge in [0.2, 0.25) is 5.76 Å². The van der Waals surface area contributed by atoms with Gasteiger partial charge in [-0.3, -0.25) is 4.90 Å². The van der Waals surface area contributed by atoms with Crippen molar-refractivity contribution in [2.45, 2.75) is 52.1 Å². The SMILES string of the molecule is CCn1cnnc1[C@@H]1CCCN([C@H](C)c2cc(C)c(C(=O)OC)o2)C1. The lowest BCUT2D eigenvalue weighted by molar-refractivity contribution is 0.0555. The van der Waals surface area contributed by atoms with E-state index in [4.69, 9.17) is 9.15 Å². The van der Waals surface area contributed by atoms with Gasteiger partial charge in [0.15, 0.2) is 0 Å². The van der Waals surface area contributed by atoms with Crippen LogP contribution in [0.4, 0.5) is 0 Å². The first-order chi connectivity index (χ1) is 12.0. The van der Waals surface area contributed by atoms with Crippen molar-refractivity contribution in [2.24, 2.45) is 0 Å². The van der Waals surface area contributed by atoms with Crippen LogP contribution in [0.3, 0.4) is 0 Å². The summed E-state index contributed by atoms with van der Waals surface area (Å²) in [7, 11) is 1.37. The van der Waals surface area contributed by atoms with Crippen LogP contribution in [-0.2, 0) is 11.3 Å². The summed E-state index contributed by atoms with van der Waals surface area (Å²) in [6.45, 7) is 8.89. The molecule has 0 radical (unpaired) electrons. The average Bonchev–Trinajstić information content (AvgIpc) is 3.27. The van der Waals surface area contributed by atoms with Crippen molar-refractivity contribution in [3.05, 3.63) is 35.3 Å². The molecule has 1 fully saturated rings. The van der Waals surface area contributed by atoms with Crippen molar-refractivity contribution in [3.63, 3.8) is 0 Å². The summed E-state index contributed by atoms with van der Waals surface area (Å²) in [5.41, 5.74) is 0.813. The molecule has 3 heterocycles. The smallest absolute Gasteiger partial charge is 0.374 e. The number of hydrogen-bond acceptors (Lipinski definition) is 6. The van der Waals surface area contributed by atoms with E-state index >= 15 is 0 Å². The second-order valence-electron chi connectivity index (χ2n) is 6.64. The van der Waals surface area contributed by atoms with Crippen molar-refractivity contribution in [2.75, 3.05) is 20.2 Å². The zero-order valence-electron chi connectivity index (χ0n) is 15.4. The molecule has 1 aliphatic rings. The topological polar surface area (TPSA) is 73.4 Å². The van der Waals surface area contributed by atoms with Gasteiger partial charge in [0, 0.05) is 24.6 Å². The number of piperidine rings is 1. The Bertz CT molecular complexity index is 737. The Labute approximate surface area is 148 Å². The maximum absolute atomic E-state index is 11.8. The molecule has 1 aliphatic heterocycles. The Kier molecular flexibility index (Phi) is 5.22. The number of furan rings is 1. The monoisotopic (exact) mass is 346 g/mol. The summed E-state index contributed by atoms with van der Waals surface area (Å²) in [6.07, 6.45) is 4.03. The van der Waals surface area contributed by atoms with E-state index in [-0.39, 0.29) is 6.04 Å². The molecule has 3 rings (SSSR count). The van der Waals surface area contributed by atoms with Gasteiger partial charge < -0.3 is 13.7 Å². The fraction of sp³-hybridized carbons (Fsp3) is 0.611. The van der Waals surface area contributed by atoms with Gasteiger partial charge in [-0.05, 0) is 46.2 Å². The van der Waals surface area contributed by atoms with Gasteiger partial charge in [0.25, 0.3) is 0 Å². The summed E-state index contributed by atoms with van der Waals surface area (Å²) in [5.74, 6) is 2.10. The number of carbonyl (C=O) groups is 1. The molecule has 2 aromatic rings. The minimum absolute atomic E-state index is 0.0953. The number of carbonyl (C=O) groups excluding carboxylic acids is 1. The van der Waals surface area contributed by atoms with E-state index in [2.05, 4.69) is 33.5 Å². The lowest BCUT2D eigenvalue weighted by Crippen LogP contribution is -2.37. The number of esters is 1. The minimum Gasteiger partial charge on any atom is -0.463 e. The highest BCUT2D eigenvalue weighted by Gasteiger charge is 2.30. The number of ether oxygens (including phenoxy) is 1. The molecule has 25 heavy (non-hydrogen) atoms. The Hall–Kier alpha value is -2.15. The zero-order valence-corrected chi connectivity index (χ0v) is 15.4. The fourth-order valence-corrected chi connectivity index (χ4v) is 3.58. The highest BCUT2D eigenvalue weighted by Crippen LogP contribution is 2.32. The maximum Gasteiger partial charge on any atom is 0.374 e. The number of aromatic nitrogens is 3. The predicted octanol–water partition coefficient (Wildman–Crippen LogP) is 2.93. The first-order valence-corrected chi connectivity index (χ1v) is 8.85. The molecule has 7 nitrogen and oxygen atoms in total. The summed E-state index contributed by atoms with van der Waals surface area (Å²) in [5, 5.41) is 8.40.